The van der Waals surface area contributed by atoms with Crippen LogP contribution in [-0.4, -0.2) is 17.4 Å². The fourth-order valence-corrected chi connectivity index (χ4v) is 2.71. The molecule has 0 spiro atoms. The molecule has 17 heavy (non-hydrogen) atoms. The number of aromatic nitrogens is 1. The SMILES string of the molecule is NCC1(CC(=O)NCc2csc(=O)[nH]2)CCC1. The molecule has 2 rings (SSSR count). The third kappa shape index (κ3) is 2.95. The predicted molar refractivity (Wildman–Crippen MR) is 66.7 cm³/mol. The number of H-pyrrole nitrogens is 1. The molecule has 0 aromatic carbocycles. The van der Waals surface area contributed by atoms with Gasteiger partial charge in [0.25, 0.3) is 0 Å². The van der Waals surface area contributed by atoms with E-state index in [1.54, 1.807) is 5.38 Å². The second-order valence-corrected chi connectivity index (χ2v) is 5.53. The zero-order valence-electron chi connectivity index (χ0n) is 9.62. The molecule has 1 heterocycles. The summed E-state index contributed by atoms with van der Waals surface area (Å²) in [6, 6.07) is 0. The third-order valence-corrected chi connectivity index (χ3v) is 4.15. The van der Waals surface area contributed by atoms with Crippen LogP contribution in [0.1, 0.15) is 31.4 Å². The molecule has 1 aromatic heterocycles. The van der Waals surface area contributed by atoms with Crippen molar-refractivity contribution in [1.82, 2.24) is 10.3 Å². The standard InChI is InChI=1S/C11H17N3O2S/c12-7-11(2-1-3-11)4-9(15)13-5-8-6-17-10(16)14-8/h6H,1-5,7,12H2,(H,13,15)(H,14,16). The molecule has 0 bridgehead atoms. The Labute approximate surface area is 103 Å². The van der Waals surface area contributed by atoms with Crippen molar-refractivity contribution in [1.29, 1.82) is 0 Å². The number of thiazole rings is 1. The average Bonchev–Trinajstić information content (AvgIpc) is 2.67. The first-order chi connectivity index (χ1) is 8.13. The van der Waals surface area contributed by atoms with Gasteiger partial charge in [-0.15, -0.1) is 0 Å². The van der Waals surface area contributed by atoms with Crippen LogP contribution in [-0.2, 0) is 11.3 Å². The summed E-state index contributed by atoms with van der Waals surface area (Å²) < 4.78 is 0. The van der Waals surface area contributed by atoms with Gasteiger partial charge >= 0.3 is 4.87 Å². The maximum atomic E-state index is 11.7. The van der Waals surface area contributed by atoms with Gasteiger partial charge < -0.3 is 16.0 Å². The maximum absolute atomic E-state index is 11.7. The second kappa shape index (κ2) is 5.01. The van der Waals surface area contributed by atoms with Crippen molar-refractivity contribution in [3.63, 3.8) is 0 Å². The lowest BCUT2D eigenvalue weighted by atomic mass is 9.66. The molecule has 1 fully saturated rings. The quantitative estimate of drug-likeness (QED) is 0.719. The fraction of sp³-hybridized carbons (Fsp3) is 0.636. The Kier molecular flexibility index (Phi) is 3.63. The molecule has 5 nitrogen and oxygen atoms in total. The van der Waals surface area contributed by atoms with Crippen molar-refractivity contribution >= 4 is 17.2 Å². The Balaban J connectivity index is 1.79. The minimum absolute atomic E-state index is 0.0159. The number of amides is 1. The molecule has 94 valence electrons. The highest BCUT2D eigenvalue weighted by molar-refractivity contribution is 7.07. The maximum Gasteiger partial charge on any atom is 0.304 e. The lowest BCUT2D eigenvalue weighted by Gasteiger charge is -2.40. The van der Waals surface area contributed by atoms with Gasteiger partial charge in [-0.3, -0.25) is 9.59 Å². The summed E-state index contributed by atoms with van der Waals surface area (Å²) in [4.78, 5) is 25.2. The Morgan fingerprint density at radius 3 is 2.82 bits per heavy atom. The van der Waals surface area contributed by atoms with Crippen molar-refractivity contribution in [2.24, 2.45) is 11.1 Å². The van der Waals surface area contributed by atoms with Crippen LogP contribution in [0.3, 0.4) is 0 Å². The van der Waals surface area contributed by atoms with Gasteiger partial charge in [-0.2, -0.15) is 0 Å². The van der Waals surface area contributed by atoms with E-state index in [1.807, 2.05) is 0 Å². The highest BCUT2D eigenvalue weighted by atomic mass is 32.1. The molecule has 1 saturated carbocycles. The minimum Gasteiger partial charge on any atom is -0.350 e. The van der Waals surface area contributed by atoms with Gasteiger partial charge in [0.1, 0.15) is 0 Å². The first-order valence-electron chi connectivity index (χ1n) is 5.77. The molecule has 1 aliphatic carbocycles. The predicted octanol–water partition coefficient (Wildman–Crippen LogP) is 0.572. The van der Waals surface area contributed by atoms with E-state index in [4.69, 9.17) is 5.73 Å². The number of hydrogen-bond donors (Lipinski definition) is 3. The van der Waals surface area contributed by atoms with Gasteiger partial charge in [-0.1, -0.05) is 17.8 Å². The number of carbonyl (C=O) groups excluding carboxylic acids is 1. The number of aromatic amines is 1. The van der Waals surface area contributed by atoms with Crippen molar-refractivity contribution in [3.05, 3.63) is 20.7 Å². The van der Waals surface area contributed by atoms with Crippen LogP contribution >= 0.6 is 11.3 Å². The van der Waals surface area contributed by atoms with Gasteiger partial charge in [-0.25, -0.2) is 0 Å². The number of nitrogens with two attached hydrogens (primary N) is 1. The summed E-state index contributed by atoms with van der Waals surface area (Å²) in [5.74, 6) is 0.0159. The zero-order valence-corrected chi connectivity index (χ0v) is 10.4. The Hall–Kier alpha value is -1.14. The van der Waals surface area contributed by atoms with E-state index in [0.717, 1.165) is 29.9 Å². The normalized spacial score (nSPS) is 17.5. The smallest absolute Gasteiger partial charge is 0.304 e. The van der Waals surface area contributed by atoms with E-state index >= 15 is 0 Å². The molecule has 0 radical (unpaired) electrons. The van der Waals surface area contributed by atoms with Crippen LogP contribution in [0.5, 0.6) is 0 Å². The van der Waals surface area contributed by atoms with Crippen LogP contribution in [0, 0.1) is 5.41 Å². The van der Waals surface area contributed by atoms with E-state index in [0.29, 0.717) is 19.5 Å². The number of nitrogens with one attached hydrogen (secondary N) is 2. The van der Waals surface area contributed by atoms with E-state index < -0.39 is 0 Å². The molecule has 1 amide bonds. The van der Waals surface area contributed by atoms with Gasteiger partial charge in [0.2, 0.25) is 5.91 Å². The average molecular weight is 255 g/mol. The number of rotatable bonds is 5. The first kappa shape index (κ1) is 12.3. The highest BCUT2D eigenvalue weighted by Gasteiger charge is 2.37. The topological polar surface area (TPSA) is 88.0 Å². The van der Waals surface area contributed by atoms with Gasteiger partial charge in [0, 0.05) is 17.5 Å². The lowest BCUT2D eigenvalue weighted by Crippen LogP contribution is -2.41. The Morgan fingerprint density at radius 2 is 2.35 bits per heavy atom. The van der Waals surface area contributed by atoms with E-state index in [1.165, 1.54) is 6.42 Å². The van der Waals surface area contributed by atoms with Crippen molar-refractivity contribution in [2.75, 3.05) is 6.54 Å². The number of hydrogen-bond acceptors (Lipinski definition) is 4. The van der Waals surface area contributed by atoms with Crippen LogP contribution < -0.4 is 15.9 Å². The summed E-state index contributed by atoms with van der Waals surface area (Å²) in [5, 5.41) is 4.54. The molecule has 1 aliphatic rings. The van der Waals surface area contributed by atoms with Gasteiger partial charge in [-0.05, 0) is 24.8 Å². The van der Waals surface area contributed by atoms with Gasteiger partial charge in [0.05, 0.1) is 6.54 Å². The highest BCUT2D eigenvalue weighted by Crippen LogP contribution is 2.42. The van der Waals surface area contributed by atoms with E-state index in [-0.39, 0.29) is 16.2 Å². The van der Waals surface area contributed by atoms with E-state index in [2.05, 4.69) is 10.3 Å². The summed E-state index contributed by atoms with van der Waals surface area (Å²) in [6.07, 6.45) is 3.76. The van der Waals surface area contributed by atoms with Crippen molar-refractivity contribution in [2.45, 2.75) is 32.2 Å². The number of carbonyl (C=O) groups is 1. The summed E-state index contributed by atoms with van der Waals surface area (Å²) in [5.41, 5.74) is 6.49. The molecular weight excluding hydrogens is 238 g/mol. The largest absolute Gasteiger partial charge is 0.350 e. The molecule has 0 unspecified atom stereocenters. The fourth-order valence-electron chi connectivity index (χ4n) is 2.13. The minimum atomic E-state index is -0.0910. The summed E-state index contributed by atoms with van der Waals surface area (Å²) in [6.45, 7) is 0.966. The molecule has 0 saturated heterocycles. The zero-order chi connectivity index (χ0) is 12.3. The summed E-state index contributed by atoms with van der Waals surface area (Å²) >= 11 is 1.11. The van der Waals surface area contributed by atoms with Crippen molar-refractivity contribution in [3.8, 4) is 0 Å². The Morgan fingerprint density at radius 1 is 1.59 bits per heavy atom. The summed E-state index contributed by atoms with van der Waals surface area (Å²) in [7, 11) is 0. The van der Waals surface area contributed by atoms with Crippen molar-refractivity contribution < 1.29 is 4.79 Å². The van der Waals surface area contributed by atoms with Crippen LogP contribution in [0.4, 0.5) is 0 Å². The second-order valence-electron chi connectivity index (χ2n) is 4.68. The molecular formula is C11H17N3O2S. The third-order valence-electron chi connectivity index (χ3n) is 3.43. The van der Waals surface area contributed by atoms with Gasteiger partial charge in [0.15, 0.2) is 0 Å². The molecule has 0 aliphatic heterocycles. The lowest BCUT2D eigenvalue weighted by molar-refractivity contribution is -0.124. The molecule has 1 aromatic rings. The first-order valence-corrected chi connectivity index (χ1v) is 6.65. The monoisotopic (exact) mass is 255 g/mol. The van der Waals surface area contributed by atoms with E-state index in [9.17, 15) is 9.59 Å². The molecule has 6 heteroatoms. The Bertz CT molecular complexity index is 442. The van der Waals surface area contributed by atoms with Crippen LogP contribution in [0.2, 0.25) is 0 Å². The van der Waals surface area contributed by atoms with Crippen LogP contribution in [0.25, 0.3) is 0 Å². The molecule has 0 atom stereocenters. The molecule has 4 N–H and O–H groups in total. The van der Waals surface area contributed by atoms with Crippen LogP contribution in [0.15, 0.2) is 10.2 Å².